The molecule has 2 aromatic heterocycles. The molecule has 0 bridgehead atoms. The van der Waals surface area contributed by atoms with Gasteiger partial charge in [-0.25, -0.2) is 9.50 Å². The lowest BCUT2D eigenvalue weighted by Gasteiger charge is -2.32. The summed E-state index contributed by atoms with van der Waals surface area (Å²) < 4.78 is 7.59. The number of hydrogen-bond donors (Lipinski definition) is 1. The minimum atomic E-state index is -0.239. The average molecular weight is 470 g/mol. The highest BCUT2D eigenvalue weighted by Crippen LogP contribution is 2.28. The fourth-order valence-corrected chi connectivity index (χ4v) is 4.62. The molecule has 1 atom stereocenters. The molecule has 1 aliphatic rings. The molecule has 5 rings (SSSR count). The summed E-state index contributed by atoms with van der Waals surface area (Å²) in [4.78, 5) is 19.1. The lowest BCUT2D eigenvalue weighted by molar-refractivity contribution is 0.0927. The van der Waals surface area contributed by atoms with Gasteiger partial charge in [0, 0.05) is 25.0 Å². The van der Waals surface area contributed by atoms with Gasteiger partial charge in [0.05, 0.1) is 6.54 Å². The van der Waals surface area contributed by atoms with Crippen LogP contribution in [0.2, 0.25) is 0 Å². The molecule has 1 N–H and O–H groups in total. The number of amides is 1. The van der Waals surface area contributed by atoms with Crippen LogP contribution in [0.25, 0.3) is 5.65 Å². The van der Waals surface area contributed by atoms with Gasteiger partial charge in [-0.05, 0) is 68.1 Å². The van der Waals surface area contributed by atoms with Crippen molar-refractivity contribution >= 4 is 11.6 Å². The van der Waals surface area contributed by atoms with E-state index in [0.717, 1.165) is 25.4 Å². The first-order valence-corrected chi connectivity index (χ1v) is 12.3. The van der Waals surface area contributed by atoms with Crippen molar-refractivity contribution in [2.75, 3.05) is 19.6 Å². The van der Waals surface area contributed by atoms with E-state index in [4.69, 9.17) is 4.74 Å². The zero-order valence-electron chi connectivity index (χ0n) is 20.0. The first kappa shape index (κ1) is 23.1. The molecule has 1 unspecified atom stereocenters. The average Bonchev–Trinajstić information content (AvgIpc) is 3.34. The number of fused-ring (bicyclic) bond motifs is 1. The number of piperidine rings is 1. The van der Waals surface area contributed by atoms with Gasteiger partial charge >= 0.3 is 0 Å². The smallest absolute Gasteiger partial charge is 0.272 e. The quantitative estimate of drug-likeness (QED) is 0.416. The molecule has 1 amide bonds. The lowest BCUT2D eigenvalue weighted by Crippen LogP contribution is -2.33. The monoisotopic (exact) mass is 469 g/mol. The SMILES string of the molecule is CC(CNC(=O)c1cc2ncccn2n1)Oc1ccc(CN2CCC(c3ccccc3)CC2)cc1. The first-order valence-electron chi connectivity index (χ1n) is 12.3. The Morgan fingerprint density at radius 1 is 1.09 bits per heavy atom. The standard InChI is InChI=1S/C28H31N5O2/c1-21(19-30-28(34)26-18-27-29-14-5-15-33(27)31-26)35-25-10-8-22(9-11-25)20-32-16-12-24(13-17-32)23-6-3-2-4-7-23/h2-11,14-15,18,21,24H,12-13,16-17,19-20H2,1H3,(H,30,34). The maximum Gasteiger partial charge on any atom is 0.272 e. The van der Waals surface area contributed by atoms with E-state index < -0.39 is 0 Å². The third kappa shape index (κ3) is 5.87. The Morgan fingerprint density at radius 2 is 1.86 bits per heavy atom. The lowest BCUT2D eigenvalue weighted by atomic mass is 9.89. The molecule has 1 saturated heterocycles. The number of benzene rings is 2. The van der Waals surface area contributed by atoms with Gasteiger partial charge in [0.25, 0.3) is 5.91 Å². The van der Waals surface area contributed by atoms with Crippen LogP contribution in [0.5, 0.6) is 5.75 Å². The van der Waals surface area contributed by atoms with E-state index in [9.17, 15) is 4.79 Å². The molecule has 0 spiro atoms. The van der Waals surface area contributed by atoms with Gasteiger partial charge in [0.15, 0.2) is 11.3 Å². The van der Waals surface area contributed by atoms with Crippen LogP contribution in [0.1, 0.15) is 47.3 Å². The zero-order chi connectivity index (χ0) is 24.0. The van der Waals surface area contributed by atoms with Crippen molar-refractivity contribution in [2.45, 2.75) is 38.3 Å². The molecule has 1 aliphatic heterocycles. The third-order valence-electron chi connectivity index (χ3n) is 6.54. The molecule has 2 aromatic carbocycles. The van der Waals surface area contributed by atoms with Crippen molar-refractivity contribution in [1.82, 2.24) is 24.8 Å². The van der Waals surface area contributed by atoms with Crippen molar-refractivity contribution in [3.8, 4) is 5.75 Å². The second-order valence-corrected chi connectivity index (χ2v) is 9.20. The minimum Gasteiger partial charge on any atom is -0.489 e. The Balaban J connectivity index is 1.06. The van der Waals surface area contributed by atoms with Crippen LogP contribution in [-0.2, 0) is 6.54 Å². The predicted octanol–water partition coefficient (Wildman–Crippen LogP) is 4.31. The molecule has 0 saturated carbocycles. The molecular formula is C28H31N5O2. The summed E-state index contributed by atoms with van der Waals surface area (Å²) in [6, 6.07) is 22.6. The minimum absolute atomic E-state index is 0.169. The number of rotatable bonds is 8. The highest BCUT2D eigenvalue weighted by molar-refractivity contribution is 5.93. The summed E-state index contributed by atoms with van der Waals surface area (Å²) in [6.45, 7) is 5.53. The molecule has 4 aromatic rings. The number of nitrogens with zero attached hydrogens (tertiary/aromatic N) is 4. The number of likely N-dealkylation sites (tertiary alicyclic amines) is 1. The largest absolute Gasteiger partial charge is 0.489 e. The summed E-state index contributed by atoms with van der Waals surface area (Å²) in [6.07, 6.45) is 5.69. The third-order valence-corrected chi connectivity index (χ3v) is 6.54. The normalized spacial score (nSPS) is 15.7. The Morgan fingerprint density at radius 3 is 2.60 bits per heavy atom. The molecule has 1 fully saturated rings. The fourth-order valence-electron chi connectivity index (χ4n) is 4.62. The topological polar surface area (TPSA) is 71.8 Å². The van der Waals surface area contributed by atoms with Crippen molar-refractivity contribution in [2.24, 2.45) is 0 Å². The van der Waals surface area contributed by atoms with Gasteiger partial charge in [-0.15, -0.1) is 0 Å². The fraction of sp³-hybridized carbons (Fsp3) is 0.321. The van der Waals surface area contributed by atoms with Crippen LogP contribution in [0.4, 0.5) is 0 Å². The second-order valence-electron chi connectivity index (χ2n) is 9.20. The molecule has 35 heavy (non-hydrogen) atoms. The van der Waals surface area contributed by atoms with E-state index in [1.54, 1.807) is 29.0 Å². The van der Waals surface area contributed by atoms with E-state index >= 15 is 0 Å². The van der Waals surface area contributed by atoms with E-state index in [2.05, 4.69) is 62.8 Å². The number of aromatic nitrogens is 3. The maximum absolute atomic E-state index is 12.4. The molecule has 7 heteroatoms. The Labute approximate surface area is 205 Å². The molecule has 0 aliphatic carbocycles. The van der Waals surface area contributed by atoms with Gasteiger partial charge in [-0.1, -0.05) is 42.5 Å². The highest BCUT2D eigenvalue weighted by atomic mass is 16.5. The van der Waals surface area contributed by atoms with Crippen LogP contribution < -0.4 is 10.1 Å². The molecular weight excluding hydrogens is 438 g/mol. The molecule has 7 nitrogen and oxygen atoms in total. The highest BCUT2D eigenvalue weighted by Gasteiger charge is 2.20. The van der Waals surface area contributed by atoms with Gasteiger partial charge in [0.1, 0.15) is 11.9 Å². The predicted molar refractivity (Wildman–Crippen MR) is 136 cm³/mol. The molecule has 0 radical (unpaired) electrons. The van der Waals surface area contributed by atoms with Gasteiger partial charge < -0.3 is 10.1 Å². The zero-order valence-corrected chi connectivity index (χ0v) is 20.0. The Bertz CT molecular complexity index is 1210. The van der Waals surface area contributed by atoms with E-state index in [1.165, 1.54) is 24.0 Å². The summed E-state index contributed by atoms with van der Waals surface area (Å²) in [5.41, 5.74) is 3.74. The summed E-state index contributed by atoms with van der Waals surface area (Å²) >= 11 is 0. The first-order chi connectivity index (χ1) is 17.1. The van der Waals surface area contributed by atoms with Crippen LogP contribution in [-0.4, -0.2) is 51.1 Å². The number of nitrogens with one attached hydrogen (secondary N) is 1. The number of carbonyl (C=O) groups excluding carboxylic acids is 1. The maximum atomic E-state index is 12.4. The van der Waals surface area contributed by atoms with E-state index in [0.29, 0.717) is 23.8 Å². The second kappa shape index (κ2) is 10.7. The van der Waals surface area contributed by atoms with Gasteiger partial charge in [0.2, 0.25) is 0 Å². The van der Waals surface area contributed by atoms with Crippen LogP contribution in [0.15, 0.2) is 79.1 Å². The molecule has 180 valence electrons. The summed E-state index contributed by atoms with van der Waals surface area (Å²) in [5, 5.41) is 7.14. The van der Waals surface area contributed by atoms with Crippen LogP contribution >= 0.6 is 0 Å². The van der Waals surface area contributed by atoms with E-state index in [-0.39, 0.29) is 12.0 Å². The van der Waals surface area contributed by atoms with Crippen molar-refractivity contribution in [1.29, 1.82) is 0 Å². The van der Waals surface area contributed by atoms with Crippen molar-refractivity contribution in [3.05, 3.63) is 95.9 Å². The van der Waals surface area contributed by atoms with Crippen LogP contribution in [0, 0.1) is 0 Å². The number of ether oxygens (including phenoxy) is 1. The van der Waals surface area contributed by atoms with Gasteiger partial charge in [-0.2, -0.15) is 5.10 Å². The van der Waals surface area contributed by atoms with Gasteiger partial charge in [-0.3, -0.25) is 9.69 Å². The Kier molecular flexibility index (Phi) is 7.04. The number of carbonyl (C=O) groups is 1. The van der Waals surface area contributed by atoms with Crippen molar-refractivity contribution in [3.63, 3.8) is 0 Å². The Hall–Kier alpha value is -3.71. The van der Waals surface area contributed by atoms with Crippen LogP contribution in [0.3, 0.4) is 0 Å². The molecule has 3 heterocycles. The summed E-state index contributed by atoms with van der Waals surface area (Å²) in [7, 11) is 0. The summed E-state index contributed by atoms with van der Waals surface area (Å²) in [5.74, 6) is 1.24. The number of hydrogen-bond acceptors (Lipinski definition) is 5. The van der Waals surface area contributed by atoms with E-state index in [1.807, 2.05) is 19.1 Å². The van der Waals surface area contributed by atoms with Crippen molar-refractivity contribution < 1.29 is 9.53 Å².